The van der Waals surface area contributed by atoms with Gasteiger partial charge >= 0.3 is 0 Å². The van der Waals surface area contributed by atoms with E-state index in [1.165, 1.54) is 56.9 Å². The zero-order chi connectivity index (χ0) is 36.7. The van der Waals surface area contributed by atoms with Gasteiger partial charge in [-0.05, 0) is 136 Å². The fraction of sp³-hybridized carbons (Fsp3) is 0.905. The molecule has 3 aliphatic rings. The van der Waals surface area contributed by atoms with Crippen molar-refractivity contribution in [1.82, 2.24) is 0 Å². The van der Waals surface area contributed by atoms with Gasteiger partial charge in [0, 0.05) is 0 Å². The molecule has 48 heavy (non-hydrogen) atoms. The first-order valence-electron chi connectivity index (χ1n) is 20.0. The van der Waals surface area contributed by atoms with Gasteiger partial charge in [0.15, 0.2) is 25.0 Å². The normalized spacial score (nSPS) is 32.2. The van der Waals surface area contributed by atoms with Crippen LogP contribution in [0.2, 0.25) is 55.9 Å². The third-order valence-electron chi connectivity index (χ3n) is 13.5. The predicted molar refractivity (Wildman–Crippen MR) is 218 cm³/mol. The average molecular weight is 719 g/mol. The third-order valence-corrected chi connectivity index (χ3v) is 23.5. The standard InChI is InChI=1S/C42H82O3Si3/c1-31(21-19-27-39(2,3)4)34-25-26-35-33(22-20-28-42(34,35)11)24-23-32-29-36(43-47(15,16)40(5,6)7)38(45-46(12,13)14)37(30-32)44-48(17,18)41(8,9)10/h23-24,31,34-38H,19-22,25-30H2,1-18H3/b32-23?,33-24+/t31-,34?,35?,36-,37+,38?,42?/m0/s1. The molecule has 0 aromatic carbocycles. The Morgan fingerprint density at radius 3 is 1.75 bits per heavy atom. The van der Waals surface area contributed by atoms with Crippen molar-refractivity contribution in [3.8, 4) is 0 Å². The monoisotopic (exact) mass is 719 g/mol. The molecule has 3 aliphatic carbocycles. The van der Waals surface area contributed by atoms with Crippen molar-refractivity contribution < 1.29 is 13.3 Å². The third kappa shape index (κ3) is 10.8. The van der Waals surface area contributed by atoms with Gasteiger partial charge in [0.05, 0.1) is 18.3 Å². The van der Waals surface area contributed by atoms with Crippen LogP contribution in [0.4, 0.5) is 0 Å². The first kappa shape index (κ1) is 42.4. The van der Waals surface area contributed by atoms with Crippen LogP contribution in [0.15, 0.2) is 23.3 Å². The van der Waals surface area contributed by atoms with E-state index >= 15 is 0 Å². The van der Waals surface area contributed by atoms with Crippen LogP contribution in [-0.4, -0.2) is 43.3 Å². The lowest BCUT2D eigenvalue weighted by Crippen LogP contribution is -2.58. The van der Waals surface area contributed by atoms with Crippen LogP contribution in [0.5, 0.6) is 0 Å². The Labute approximate surface area is 303 Å². The van der Waals surface area contributed by atoms with E-state index in [2.05, 4.69) is 134 Å². The molecule has 6 heteroatoms. The van der Waals surface area contributed by atoms with E-state index in [0.717, 1.165) is 30.6 Å². The van der Waals surface area contributed by atoms with E-state index in [1.807, 2.05) is 0 Å². The lowest BCUT2D eigenvalue weighted by molar-refractivity contribution is -0.0502. The second-order valence-electron chi connectivity index (χ2n) is 22.0. The summed E-state index contributed by atoms with van der Waals surface area (Å²) in [6, 6.07) is 0. The van der Waals surface area contributed by atoms with Crippen LogP contribution in [0, 0.1) is 28.6 Å². The van der Waals surface area contributed by atoms with Crippen LogP contribution in [0.25, 0.3) is 0 Å². The minimum atomic E-state index is -2.04. The minimum absolute atomic E-state index is 0.0157. The zero-order valence-electron chi connectivity index (χ0n) is 35.4. The van der Waals surface area contributed by atoms with Gasteiger partial charge in [-0.3, -0.25) is 0 Å². The van der Waals surface area contributed by atoms with Crippen molar-refractivity contribution in [2.75, 3.05) is 0 Å². The molecule has 0 spiro atoms. The van der Waals surface area contributed by atoms with Gasteiger partial charge < -0.3 is 13.3 Å². The highest BCUT2D eigenvalue weighted by molar-refractivity contribution is 6.74. The van der Waals surface area contributed by atoms with Crippen molar-refractivity contribution in [1.29, 1.82) is 0 Å². The molecule has 0 N–H and O–H groups in total. The lowest BCUT2D eigenvalue weighted by atomic mass is 9.60. The van der Waals surface area contributed by atoms with Crippen LogP contribution >= 0.6 is 0 Å². The number of allylic oxidation sites excluding steroid dienone is 3. The molecule has 3 rings (SSSR count). The highest BCUT2D eigenvalue weighted by Crippen LogP contribution is 2.60. The Morgan fingerprint density at radius 2 is 1.29 bits per heavy atom. The average Bonchev–Trinajstić information content (AvgIpc) is 3.23. The van der Waals surface area contributed by atoms with E-state index < -0.39 is 25.0 Å². The maximum absolute atomic E-state index is 7.34. The van der Waals surface area contributed by atoms with Gasteiger partial charge in [-0.15, -0.1) is 0 Å². The molecule has 280 valence electrons. The van der Waals surface area contributed by atoms with E-state index in [0.29, 0.717) is 10.8 Å². The molecule has 0 aromatic heterocycles. The van der Waals surface area contributed by atoms with Crippen molar-refractivity contribution >= 4 is 25.0 Å². The second kappa shape index (κ2) is 15.2. The molecule has 0 bridgehead atoms. The van der Waals surface area contributed by atoms with Crippen LogP contribution < -0.4 is 0 Å². The Hall–Kier alpha value is 0.0106. The van der Waals surface area contributed by atoms with E-state index in [9.17, 15) is 0 Å². The Bertz CT molecular complexity index is 1090. The summed E-state index contributed by atoms with van der Waals surface area (Å²) >= 11 is 0. The topological polar surface area (TPSA) is 27.7 Å². The van der Waals surface area contributed by atoms with Gasteiger partial charge in [0.25, 0.3) is 0 Å². The number of rotatable bonds is 11. The molecule has 0 radical (unpaired) electrons. The summed E-state index contributed by atoms with van der Waals surface area (Å²) < 4.78 is 21.8. The largest absolute Gasteiger partial charge is 0.411 e. The van der Waals surface area contributed by atoms with Gasteiger partial charge in [0.1, 0.15) is 0 Å². The van der Waals surface area contributed by atoms with Crippen molar-refractivity contribution in [2.45, 2.75) is 215 Å². The van der Waals surface area contributed by atoms with Crippen LogP contribution in [0.3, 0.4) is 0 Å². The molecule has 0 aliphatic heterocycles. The molecule has 4 unspecified atom stereocenters. The highest BCUT2D eigenvalue weighted by atomic mass is 28.4. The SMILES string of the molecule is C[C@@H](CCCC(C)(C)C)C1CCC2/C(=C/C=C3C[C@H](O[Si](C)(C)C(C)(C)C)C(O[Si](C)(C)C)[C@H](O[Si](C)(C)C(C)(C)C)C3)CCCC21C. The van der Waals surface area contributed by atoms with Gasteiger partial charge in [0.2, 0.25) is 0 Å². The van der Waals surface area contributed by atoms with Crippen molar-refractivity contribution in [3.63, 3.8) is 0 Å². The first-order chi connectivity index (χ1) is 21.6. The maximum Gasteiger partial charge on any atom is 0.192 e. The molecule has 0 amide bonds. The van der Waals surface area contributed by atoms with Gasteiger partial charge in [-0.25, -0.2) is 0 Å². The smallest absolute Gasteiger partial charge is 0.192 e. The number of hydrogen-bond donors (Lipinski definition) is 0. The summed E-state index contributed by atoms with van der Waals surface area (Å²) in [7, 11) is -5.93. The fourth-order valence-corrected chi connectivity index (χ4v) is 12.5. The molecule has 7 atom stereocenters. The fourth-order valence-electron chi connectivity index (χ4n) is 8.69. The maximum atomic E-state index is 7.34. The Balaban J connectivity index is 1.95. The predicted octanol–water partition coefficient (Wildman–Crippen LogP) is 13.7. The van der Waals surface area contributed by atoms with E-state index in [1.54, 1.807) is 5.57 Å². The summed E-state index contributed by atoms with van der Waals surface area (Å²) in [6.45, 7) is 43.2. The first-order valence-corrected chi connectivity index (χ1v) is 29.2. The van der Waals surface area contributed by atoms with Gasteiger partial charge in [-0.1, -0.05) is 112 Å². The van der Waals surface area contributed by atoms with Gasteiger partial charge in [-0.2, -0.15) is 0 Å². The minimum Gasteiger partial charge on any atom is -0.411 e. The van der Waals surface area contributed by atoms with Crippen LogP contribution in [-0.2, 0) is 13.3 Å². The summed E-state index contributed by atoms with van der Waals surface area (Å²) in [4.78, 5) is 0. The van der Waals surface area contributed by atoms with Crippen molar-refractivity contribution in [3.05, 3.63) is 23.3 Å². The molecule has 0 saturated heterocycles. The summed E-state index contributed by atoms with van der Waals surface area (Å²) in [6.07, 6.45) is 18.0. The summed E-state index contributed by atoms with van der Waals surface area (Å²) in [5.74, 6) is 2.42. The lowest BCUT2D eigenvalue weighted by Gasteiger charge is -2.49. The van der Waals surface area contributed by atoms with Crippen molar-refractivity contribution in [2.24, 2.45) is 28.6 Å². The Morgan fingerprint density at radius 1 is 0.771 bits per heavy atom. The highest BCUT2D eigenvalue weighted by Gasteiger charge is 2.51. The second-order valence-corrected chi connectivity index (χ2v) is 36.0. The molecule has 0 aromatic rings. The molecule has 3 fully saturated rings. The number of hydrogen-bond acceptors (Lipinski definition) is 3. The molecular formula is C42H82O3Si3. The quantitative estimate of drug-likeness (QED) is 0.199. The molecule has 3 saturated carbocycles. The summed E-state index contributed by atoms with van der Waals surface area (Å²) in [5.41, 5.74) is 4.13. The Kier molecular flexibility index (Phi) is 13.4. The van der Waals surface area contributed by atoms with Crippen LogP contribution in [0.1, 0.15) is 140 Å². The number of fused-ring (bicyclic) bond motifs is 1. The summed E-state index contributed by atoms with van der Waals surface area (Å²) in [5, 5.41) is 0.288. The molecule has 0 heterocycles. The van der Waals surface area contributed by atoms with E-state index in [-0.39, 0.29) is 28.4 Å². The molecule has 3 nitrogen and oxygen atoms in total. The zero-order valence-corrected chi connectivity index (χ0v) is 38.4. The molecular weight excluding hydrogens is 637 g/mol. The van der Waals surface area contributed by atoms with E-state index in [4.69, 9.17) is 13.3 Å².